The van der Waals surface area contributed by atoms with Crippen LogP contribution in [-0.2, 0) is 4.74 Å². The molecule has 5 heteroatoms. The highest BCUT2D eigenvalue weighted by atomic mass is 16.6. The molecule has 2 fully saturated rings. The SMILES string of the molecule is CC(C)(C)OC(=O)N(C1CC1)C1CCN(CCN)C1. The van der Waals surface area contributed by atoms with Gasteiger partial charge in [0.25, 0.3) is 0 Å². The van der Waals surface area contributed by atoms with Crippen LogP contribution in [0.2, 0.25) is 0 Å². The van der Waals surface area contributed by atoms with E-state index < -0.39 is 5.60 Å². The van der Waals surface area contributed by atoms with Crippen molar-refractivity contribution in [3.8, 4) is 0 Å². The molecule has 1 saturated heterocycles. The Morgan fingerprint density at radius 1 is 1.32 bits per heavy atom. The van der Waals surface area contributed by atoms with Crippen molar-refractivity contribution in [3.05, 3.63) is 0 Å². The summed E-state index contributed by atoms with van der Waals surface area (Å²) in [5, 5.41) is 0. The summed E-state index contributed by atoms with van der Waals surface area (Å²) in [5.74, 6) is 0. The summed E-state index contributed by atoms with van der Waals surface area (Å²) in [5.41, 5.74) is 5.18. The van der Waals surface area contributed by atoms with E-state index in [1.807, 2.05) is 25.7 Å². The topological polar surface area (TPSA) is 58.8 Å². The zero-order valence-electron chi connectivity index (χ0n) is 12.4. The first-order chi connectivity index (χ1) is 8.90. The number of amides is 1. The summed E-state index contributed by atoms with van der Waals surface area (Å²) in [4.78, 5) is 16.7. The predicted molar refractivity (Wildman–Crippen MR) is 75.0 cm³/mol. The molecule has 1 atom stereocenters. The second kappa shape index (κ2) is 5.67. The number of nitrogens with zero attached hydrogens (tertiary/aromatic N) is 2. The van der Waals surface area contributed by atoms with Crippen molar-refractivity contribution < 1.29 is 9.53 Å². The minimum atomic E-state index is -0.417. The molecule has 2 aliphatic rings. The Morgan fingerprint density at radius 3 is 2.53 bits per heavy atom. The highest BCUT2D eigenvalue weighted by Gasteiger charge is 2.41. The van der Waals surface area contributed by atoms with Gasteiger partial charge >= 0.3 is 6.09 Å². The van der Waals surface area contributed by atoms with Crippen LogP contribution >= 0.6 is 0 Å². The van der Waals surface area contributed by atoms with Crippen LogP contribution < -0.4 is 5.73 Å². The van der Waals surface area contributed by atoms with E-state index in [1.165, 1.54) is 0 Å². The summed E-state index contributed by atoms with van der Waals surface area (Å²) < 4.78 is 5.55. The lowest BCUT2D eigenvalue weighted by atomic mass is 10.2. The van der Waals surface area contributed by atoms with Gasteiger partial charge in [0.2, 0.25) is 0 Å². The van der Waals surface area contributed by atoms with Crippen molar-refractivity contribution in [2.45, 2.75) is 57.7 Å². The van der Waals surface area contributed by atoms with Gasteiger partial charge in [-0.3, -0.25) is 4.90 Å². The number of ether oxygens (including phenoxy) is 1. The van der Waals surface area contributed by atoms with Crippen LogP contribution in [0.5, 0.6) is 0 Å². The van der Waals surface area contributed by atoms with Gasteiger partial charge in [-0.2, -0.15) is 0 Å². The standard InChI is InChI=1S/C14H27N3O2/c1-14(2,3)19-13(18)17(11-4-5-11)12-6-8-16(10-12)9-7-15/h11-12H,4-10,15H2,1-3H3. The van der Waals surface area contributed by atoms with Crippen LogP contribution in [0.4, 0.5) is 4.79 Å². The lowest BCUT2D eigenvalue weighted by molar-refractivity contribution is 0.0148. The maximum atomic E-state index is 12.4. The monoisotopic (exact) mass is 269 g/mol. The van der Waals surface area contributed by atoms with E-state index in [0.717, 1.165) is 38.9 Å². The minimum Gasteiger partial charge on any atom is -0.444 e. The Balaban J connectivity index is 1.95. The van der Waals surface area contributed by atoms with Gasteiger partial charge in [0.05, 0.1) is 0 Å². The normalized spacial score (nSPS) is 24.5. The third-order valence-corrected chi connectivity index (χ3v) is 3.63. The van der Waals surface area contributed by atoms with E-state index in [0.29, 0.717) is 18.6 Å². The van der Waals surface area contributed by atoms with Crippen LogP contribution in [0.3, 0.4) is 0 Å². The number of rotatable bonds is 4. The quantitative estimate of drug-likeness (QED) is 0.838. The van der Waals surface area contributed by atoms with Gasteiger partial charge in [0.1, 0.15) is 5.60 Å². The number of nitrogens with two attached hydrogens (primary N) is 1. The Hall–Kier alpha value is -0.810. The molecule has 1 aliphatic heterocycles. The molecule has 1 aliphatic carbocycles. The molecule has 0 bridgehead atoms. The fourth-order valence-electron chi connectivity index (χ4n) is 2.69. The number of likely N-dealkylation sites (tertiary alicyclic amines) is 1. The number of carbonyl (C=O) groups is 1. The number of hydrogen-bond acceptors (Lipinski definition) is 4. The van der Waals surface area contributed by atoms with Crippen LogP contribution in [0.25, 0.3) is 0 Å². The molecule has 2 N–H and O–H groups in total. The molecule has 1 amide bonds. The van der Waals surface area contributed by atoms with Crippen molar-refractivity contribution in [2.75, 3.05) is 26.2 Å². The van der Waals surface area contributed by atoms with E-state index >= 15 is 0 Å². The number of hydrogen-bond donors (Lipinski definition) is 1. The van der Waals surface area contributed by atoms with Crippen LogP contribution in [0.15, 0.2) is 0 Å². The lowest BCUT2D eigenvalue weighted by Gasteiger charge is -2.31. The maximum Gasteiger partial charge on any atom is 0.410 e. The molecular formula is C14H27N3O2. The van der Waals surface area contributed by atoms with Crippen molar-refractivity contribution >= 4 is 6.09 Å². The van der Waals surface area contributed by atoms with Gasteiger partial charge in [-0.15, -0.1) is 0 Å². The average Bonchev–Trinajstić information content (AvgIpc) is 2.98. The third-order valence-electron chi connectivity index (χ3n) is 3.63. The van der Waals surface area contributed by atoms with E-state index in [-0.39, 0.29) is 6.09 Å². The molecule has 110 valence electrons. The molecule has 0 aromatic carbocycles. The molecule has 0 spiro atoms. The highest BCUT2D eigenvalue weighted by molar-refractivity contribution is 5.69. The van der Waals surface area contributed by atoms with Crippen molar-refractivity contribution in [1.29, 1.82) is 0 Å². The fourth-order valence-corrected chi connectivity index (χ4v) is 2.69. The van der Waals surface area contributed by atoms with Gasteiger partial charge in [0, 0.05) is 38.3 Å². The Morgan fingerprint density at radius 2 is 2.00 bits per heavy atom. The van der Waals surface area contributed by atoms with Gasteiger partial charge in [0.15, 0.2) is 0 Å². The zero-order valence-corrected chi connectivity index (χ0v) is 12.4. The maximum absolute atomic E-state index is 12.4. The van der Waals surface area contributed by atoms with Gasteiger partial charge in [-0.25, -0.2) is 4.79 Å². The third kappa shape index (κ3) is 4.08. The van der Waals surface area contributed by atoms with E-state index in [4.69, 9.17) is 10.5 Å². The van der Waals surface area contributed by atoms with E-state index in [9.17, 15) is 4.79 Å². The van der Waals surface area contributed by atoms with Gasteiger partial charge in [-0.1, -0.05) is 0 Å². The van der Waals surface area contributed by atoms with Crippen molar-refractivity contribution in [1.82, 2.24) is 9.80 Å². The molecule has 19 heavy (non-hydrogen) atoms. The van der Waals surface area contributed by atoms with Crippen LogP contribution in [0.1, 0.15) is 40.0 Å². The molecule has 5 nitrogen and oxygen atoms in total. The smallest absolute Gasteiger partial charge is 0.410 e. The molecule has 0 aromatic rings. The van der Waals surface area contributed by atoms with Crippen molar-refractivity contribution in [2.24, 2.45) is 5.73 Å². The fraction of sp³-hybridized carbons (Fsp3) is 0.929. The van der Waals surface area contributed by atoms with Crippen LogP contribution in [-0.4, -0.2) is 59.8 Å². The molecule has 0 radical (unpaired) electrons. The Kier molecular flexibility index (Phi) is 4.36. The Labute approximate surface area is 116 Å². The minimum absolute atomic E-state index is 0.144. The molecular weight excluding hydrogens is 242 g/mol. The van der Waals surface area contributed by atoms with Crippen LogP contribution in [0, 0.1) is 0 Å². The predicted octanol–water partition coefficient (Wildman–Crippen LogP) is 1.42. The molecule has 0 aromatic heterocycles. The highest BCUT2D eigenvalue weighted by Crippen LogP contribution is 2.32. The first kappa shape index (κ1) is 14.6. The van der Waals surface area contributed by atoms with E-state index in [2.05, 4.69) is 4.90 Å². The molecule has 1 heterocycles. The molecule has 2 rings (SSSR count). The second-order valence-corrected chi connectivity index (χ2v) is 6.65. The first-order valence-electron chi connectivity index (χ1n) is 7.34. The largest absolute Gasteiger partial charge is 0.444 e. The van der Waals surface area contributed by atoms with Gasteiger partial charge < -0.3 is 15.4 Å². The summed E-state index contributed by atoms with van der Waals surface area (Å²) in [6.07, 6.45) is 3.13. The zero-order chi connectivity index (χ0) is 14.0. The summed E-state index contributed by atoms with van der Waals surface area (Å²) in [6.45, 7) is 9.34. The summed E-state index contributed by atoms with van der Waals surface area (Å²) in [6, 6.07) is 0.701. The summed E-state index contributed by atoms with van der Waals surface area (Å²) >= 11 is 0. The van der Waals surface area contributed by atoms with Crippen molar-refractivity contribution in [3.63, 3.8) is 0 Å². The average molecular weight is 269 g/mol. The summed E-state index contributed by atoms with van der Waals surface area (Å²) in [7, 11) is 0. The molecule has 1 saturated carbocycles. The lowest BCUT2D eigenvalue weighted by Crippen LogP contribution is -2.46. The Bertz CT molecular complexity index is 323. The second-order valence-electron chi connectivity index (χ2n) is 6.65. The van der Waals surface area contributed by atoms with E-state index in [1.54, 1.807) is 0 Å². The van der Waals surface area contributed by atoms with Gasteiger partial charge in [-0.05, 0) is 40.0 Å². The molecule has 1 unspecified atom stereocenters. The number of carbonyl (C=O) groups excluding carboxylic acids is 1. The first-order valence-corrected chi connectivity index (χ1v) is 7.34.